The molecule has 5 nitrogen and oxygen atoms in total. The number of rotatable bonds is 2. The van der Waals surface area contributed by atoms with E-state index >= 15 is 0 Å². The van der Waals surface area contributed by atoms with Crippen molar-refractivity contribution < 1.29 is 14.7 Å². The van der Waals surface area contributed by atoms with Crippen LogP contribution in [0.15, 0.2) is 5.51 Å². The molecule has 17 heavy (non-hydrogen) atoms. The third-order valence-corrected chi connectivity index (χ3v) is 3.67. The molecule has 0 saturated carbocycles. The second-order valence-corrected chi connectivity index (χ2v) is 4.90. The number of hydrogen-bond donors (Lipinski definition) is 1. The first kappa shape index (κ1) is 12.0. The molecule has 0 bridgehead atoms. The van der Waals surface area contributed by atoms with E-state index in [1.807, 2.05) is 0 Å². The van der Waals surface area contributed by atoms with E-state index in [1.165, 1.54) is 5.51 Å². The van der Waals surface area contributed by atoms with Crippen molar-refractivity contribution in [1.29, 1.82) is 0 Å². The zero-order valence-corrected chi connectivity index (χ0v) is 10.2. The highest BCUT2D eigenvalue weighted by molar-refractivity contribution is 7.12. The molecule has 2 rings (SSSR count). The minimum Gasteiger partial charge on any atom is -0.476 e. The van der Waals surface area contributed by atoms with Crippen molar-refractivity contribution in [3.8, 4) is 0 Å². The zero-order chi connectivity index (χ0) is 12.3. The summed E-state index contributed by atoms with van der Waals surface area (Å²) in [6.45, 7) is 1.44. The standard InChI is InChI=1S/C11H14N2O3S/c14-10(13-5-3-1-2-4-6-13)9-8(11(15)16)12-7-17-9/h7H,1-6H2,(H,15,16). The van der Waals surface area contributed by atoms with E-state index in [2.05, 4.69) is 4.98 Å². The van der Waals surface area contributed by atoms with Crippen LogP contribution in [-0.4, -0.2) is 40.0 Å². The average molecular weight is 254 g/mol. The van der Waals surface area contributed by atoms with Gasteiger partial charge >= 0.3 is 5.97 Å². The van der Waals surface area contributed by atoms with Gasteiger partial charge in [-0.15, -0.1) is 11.3 Å². The lowest BCUT2D eigenvalue weighted by Gasteiger charge is -2.19. The number of carboxylic acid groups (broad SMARTS) is 1. The number of carboxylic acids is 1. The van der Waals surface area contributed by atoms with Crippen molar-refractivity contribution >= 4 is 23.2 Å². The molecule has 2 heterocycles. The smallest absolute Gasteiger partial charge is 0.356 e. The van der Waals surface area contributed by atoms with Gasteiger partial charge in [-0.3, -0.25) is 4.79 Å². The van der Waals surface area contributed by atoms with E-state index in [9.17, 15) is 9.59 Å². The molecule has 92 valence electrons. The van der Waals surface area contributed by atoms with E-state index < -0.39 is 5.97 Å². The van der Waals surface area contributed by atoms with Crippen molar-refractivity contribution in [1.82, 2.24) is 9.88 Å². The van der Waals surface area contributed by atoms with Gasteiger partial charge in [-0.05, 0) is 12.8 Å². The van der Waals surface area contributed by atoms with Gasteiger partial charge in [0.2, 0.25) is 0 Å². The molecule has 0 spiro atoms. The molecule has 1 fully saturated rings. The predicted octanol–water partition coefficient (Wildman–Crippen LogP) is 1.86. The number of amides is 1. The molecule has 1 amide bonds. The summed E-state index contributed by atoms with van der Waals surface area (Å²) in [6, 6.07) is 0. The highest BCUT2D eigenvalue weighted by Crippen LogP contribution is 2.19. The SMILES string of the molecule is O=C(O)c1ncsc1C(=O)N1CCCCCC1. The predicted molar refractivity (Wildman–Crippen MR) is 63.4 cm³/mol. The molecule has 1 saturated heterocycles. The van der Waals surface area contributed by atoms with Gasteiger partial charge in [-0.25, -0.2) is 9.78 Å². The van der Waals surface area contributed by atoms with Crippen LogP contribution < -0.4 is 0 Å². The Hall–Kier alpha value is -1.43. The summed E-state index contributed by atoms with van der Waals surface area (Å²) in [5.41, 5.74) is 1.29. The first-order valence-electron chi connectivity index (χ1n) is 5.66. The summed E-state index contributed by atoms with van der Waals surface area (Å²) < 4.78 is 0. The van der Waals surface area contributed by atoms with Gasteiger partial charge in [0.05, 0.1) is 5.51 Å². The third kappa shape index (κ3) is 2.63. The Kier molecular flexibility index (Phi) is 3.73. The summed E-state index contributed by atoms with van der Waals surface area (Å²) >= 11 is 1.10. The minimum atomic E-state index is -1.13. The summed E-state index contributed by atoms with van der Waals surface area (Å²) in [6.07, 6.45) is 4.26. The summed E-state index contributed by atoms with van der Waals surface area (Å²) in [5.74, 6) is -1.32. The van der Waals surface area contributed by atoms with Crippen molar-refractivity contribution in [2.24, 2.45) is 0 Å². The van der Waals surface area contributed by atoms with Crippen LogP contribution in [0.25, 0.3) is 0 Å². The van der Waals surface area contributed by atoms with Crippen LogP contribution in [0.5, 0.6) is 0 Å². The van der Waals surface area contributed by atoms with Crippen LogP contribution in [-0.2, 0) is 0 Å². The summed E-state index contributed by atoms with van der Waals surface area (Å²) in [5, 5.41) is 8.93. The second-order valence-electron chi connectivity index (χ2n) is 4.04. The molecule has 0 radical (unpaired) electrons. The number of nitrogens with zero attached hydrogens (tertiary/aromatic N) is 2. The number of carbonyl (C=O) groups excluding carboxylic acids is 1. The van der Waals surface area contributed by atoms with Gasteiger partial charge < -0.3 is 10.0 Å². The highest BCUT2D eigenvalue weighted by atomic mass is 32.1. The van der Waals surface area contributed by atoms with E-state index in [0.29, 0.717) is 0 Å². The molecule has 0 aromatic carbocycles. The molecule has 0 unspecified atom stereocenters. The van der Waals surface area contributed by atoms with Crippen LogP contribution in [0.1, 0.15) is 45.8 Å². The quantitative estimate of drug-likeness (QED) is 0.874. The van der Waals surface area contributed by atoms with Crippen LogP contribution >= 0.6 is 11.3 Å². The van der Waals surface area contributed by atoms with E-state index in [4.69, 9.17) is 5.11 Å². The minimum absolute atomic E-state index is 0.121. The Morgan fingerprint density at radius 2 is 1.88 bits per heavy atom. The fourth-order valence-corrected chi connectivity index (χ4v) is 2.71. The summed E-state index contributed by atoms with van der Waals surface area (Å²) in [4.78, 5) is 28.8. The molecule has 0 atom stereocenters. The van der Waals surface area contributed by atoms with Gasteiger partial charge in [0.1, 0.15) is 4.88 Å². The number of aromatic carboxylic acids is 1. The number of aromatic nitrogens is 1. The lowest BCUT2D eigenvalue weighted by molar-refractivity contribution is 0.0673. The number of hydrogen-bond acceptors (Lipinski definition) is 4. The van der Waals surface area contributed by atoms with Gasteiger partial charge in [0.25, 0.3) is 5.91 Å². The number of carbonyl (C=O) groups is 2. The molecule has 1 N–H and O–H groups in total. The molecular formula is C11H14N2O3S. The number of thiazole rings is 1. The Balaban J connectivity index is 2.17. The van der Waals surface area contributed by atoms with Crippen LogP contribution in [0, 0.1) is 0 Å². The van der Waals surface area contributed by atoms with Crippen LogP contribution in [0.4, 0.5) is 0 Å². The lowest BCUT2D eigenvalue weighted by Crippen LogP contribution is -2.32. The Morgan fingerprint density at radius 3 is 2.47 bits per heavy atom. The average Bonchev–Trinajstić information content (AvgIpc) is 2.64. The van der Waals surface area contributed by atoms with E-state index in [-0.39, 0.29) is 16.5 Å². The maximum Gasteiger partial charge on any atom is 0.356 e. The van der Waals surface area contributed by atoms with Crippen LogP contribution in [0.2, 0.25) is 0 Å². The molecule has 6 heteroatoms. The Bertz CT molecular complexity index is 422. The lowest BCUT2D eigenvalue weighted by atomic mass is 10.2. The molecule has 0 aliphatic carbocycles. The number of likely N-dealkylation sites (tertiary alicyclic amines) is 1. The second kappa shape index (κ2) is 5.27. The van der Waals surface area contributed by atoms with Gasteiger partial charge in [0, 0.05) is 13.1 Å². The monoisotopic (exact) mass is 254 g/mol. The van der Waals surface area contributed by atoms with Crippen molar-refractivity contribution in [2.75, 3.05) is 13.1 Å². The first-order chi connectivity index (χ1) is 8.20. The fraction of sp³-hybridized carbons (Fsp3) is 0.545. The molecule has 1 aromatic rings. The topological polar surface area (TPSA) is 70.5 Å². The van der Waals surface area contributed by atoms with E-state index in [0.717, 1.165) is 50.1 Å². The van der Waals surface area contributed by atoms with Gasteiger partial charge in [0.15, 0.2) is 5.69 Å². The molecule has 1 aromatic heterocycles. The normalized spacial score (nSPS) is 16.6. The van der Waals surface area contributed by atoms with Crippen molar-refractivity contribution in [2.45, 2.75) is 25.7 Å². The van der Waals surface area contributed by atoms with Gasteiger partial charge in [-0.1, -0.05) is 12.8 Å². The largest absolute Gasteiger partial charge is 0.476 e. The van der Waals surface area contributed by atoms with Crippen molar-refractivity contribution in [3.63, 3.8) is 0 Å². The maximum atomic E-state index is 12.2. The fourth-order valence-electron chi connectivity index (χ4n) is 1.97. The third-order valence-electron chi connectivity index (χ3n) is 2.86. The Morgan fingerprint density at radius 1 is 1.24 bits per heavy atom. The molecular weight excluding hydrogens is 240 g/mol. The van der Waals surface area contributed by atoms with Crippen molar-refractivity contribution in [3.05, 3.63) is 16.1 Å². The Labute approximate surface area is 103 Å². The first-order valence-corrected chi connectivity index (χ1v) is 6.54. The molecule has 1 aliphatic rings. The van der Waals surface area contributed by atoms with E-state index in [1.54, 1.807) is 4.90 Å². The van der Waals surface area contributed by atoms with Gasteiger partial charge in [-0.2, -0.15) is 0 Å². The molecule has 1 aliphatic heterocycles. The maximum absolute atomic E-state index is 12.2. The van der Waals surface area contributed by atoms with Crippen LogP contribution in [0.3, 0.4) is 0 Å². The zero-order valence-electron chi connectivity index (χ0n) is 9.39. The highest BCUT2D eigenvalue weighted by Gasteiger charge is 2.24. The summed E-state index contributed by atoms with van der Waals surface area (Å²) in [7, 11) is 0.